The van der Waals surface area contributed by atoms with Crippen LogP contribution in [0.1, 0.15) is 53.4 Å². The van der Waals surface area contributed by atoms with Gasteiger partial charge in [0.1, 0.15) is 0 Å². The summed E-state index contributed by atoms with van der Waals surface area (Å²) in [6.45, 7) is 9.50. The molecular weight excluding hydrogens is 225 g/mol. The van der Waals surface area contributed by atoms with Crippen LogP contribution in [-0.2, 0) is 0 Å². The fourth-order valence-electron chi connectivity index (χ4n) is 3.47. The van der Waals surface area contributed by atoms with Crippen molar-refractivity contribution in [2.75, 3.05) is 13.2 Å². The number of rotatable bonds is 5. The van der Waals surface area contributed by atoms with Crippen molar-refractivity contribution in [1.82, 2.24) is 4.90 Å². The van der Waals surface area contributed by atoms with Gasteiger partial charge in [-0.05, 0) is 77.4 Å². The summed E-state index contributed by atoms with van der Waals surface area (Å²) in [7, 11) is 5.19. The topological polar surface area (TPSA) is 3.24 Å². The van der Waals surface area contributed by atoms with Crippen LogP contribution in [0.2, 0.25) is 0 Å². The van der Waals surface area contributed by atoms with Crippen LogP contribution in [-0.4, -0.2) is 30.2 Å². The number of hydrogen-bond acceptors (Lipinski definition) is 1. The SMILES string of the molecule is CC1CC(CCP)CC(C(C)N(C)C(C)C)C1. The van der Waals surface area contributed by atoms with E-state index in [1.807, 2.05) is 0 Å². The van der Waals surface area contributed by atoms with Gasteiger partial charge in [0.25, 0.3) is 0 Å². The molecule has 0 aromatic carbocycles. The van der Waals surface area contributed by atoms with E-state index in [-0.39, 0.29) is 0 Å². The Morgan fingerprint density at radius 2 is 1.82 bits per heavy atom. The van der Waals surface area contributed by atoms with Crippen LogP contribution in [0, 0.1) is 17.8 Å². The van der Waals surface area contributed by atoms with E-state index in [0.29, 0.717) is 6.04 Å². The highest BCUT2D eigenvalue weighted by molar-refractivity contribution is 7.16. The minimum absolute atomic E-state index is 0.669. The highest BCUT2D eigenvalue weighted by atomic mass is 31.0. The third kappa shape index (κ3) is 4.52. The Labute approximate surface area is 111 Å². The Morgan fingerprint density at radius 1 is 1.18 bits per heavy atom. The van der Waals surface area contributed by atoms with Crippen LogP contribution >= 0.6 is 9.24 Å². The Hall–Kier alpha value is 0.390. The van der Waals surface area contributed by atoms with Gasteiger partial charge in [0, 0.05) is 12.1 Å². The molecule has 0 spiro atoms. The van der Waals surface area contributed by atoms with E-state index in [1.165, 1.54) is 31.8 Å². The second-order valence-electron chi connectivity index (χ2n) is 6.52. The van der Waals surface area contributed by atoms with Gasteiger partial charge in [-0.15, -0.1) is 9.24 Å². The van der Waals surface area contributed by atoms with Crippen molar-refractivity contribution in [3.05, 3.63) is 0 Å². The molecule has 102 valence electrons. The molecule has 1 saturated carbocycles. The van der Waals surface area contributed by atoms with E-state index in [1.54, 1.807) is 0 Å². The highest BCUT2D eigenvalue weighted by Crippen LogP contribution is 2.38. The Morgan fingerprint density at radius 3 is 2.35 bits per heavy atom. The van der Waals surface area contributed by atoms with Gasteiger partial charge in [0.2, 0.25) is 0 Å². The molecule has 0 N–H and O–H groups in total. The summed E-state index contributed by atoms with van der Waals surface area (Å²) >= 11 is 0. The van der Waals surface area contributed by atoms with E-state index in [4.69, 9.17) is 0 Å². The first-order chi connectivity index (χ1) is 7.95. The first kappa shape index (κ1) is 15.4. The molecule has 0 bridgehead atoms. The molecule has 0 aliphatic heterocycles. The fraction of sp³-hybridized carbons (Fsp3) is 1.00. The fourth-order valence-corrected chi connectivity index (χ4v) is 3.94. The van der Waals surface area contributed by atoms with Crippen molar-refractivity contribution in [2.24, 2.45) is 17.8 Å². The van der Waals surface area contributed by atoms with Crippen molar-refractivity contribution < 1.29 is 0 Å². The lowest BCUT2D eigenvalue weighted by atomic mass is 9.72. The second-order valence-corrected chi connectivity index (χ2v) is 7.09. The molecule has 1 fully saturated rings. The van der Waals surface area contributed by atoms with Crippen LogP contribution in [0.25, 0.3) is 0 Å². The summed E-state index contributed by atoms with van der Waals surface area (Å²) in [6.07, 6.45) is 7.04. The van der Waals surface area contributed by atoms with Crippen LogP contribution in [0.15, 0.2) is 0 Å². The largest absolute Gasteiger partial charge is 0.301 e. The number of hydrogen-bond donors (Lipinski definition) is 0. The molecule has 0 radical (unpaired) electrons. The molecular formula is C15H32NP. The summed E-state index contributed by atoms with van der Waals surface area (Å²) in [6, 6.07) is 1.41. The minimum atomic E-state index is 0.669. The van der Waals surface area contributed by atoms with Gasteiger partial charge in [-0.1, -0.05) is 6.92 Å². The van der Waals surface area contributed by atoms with Gasteiger partial charge in [-0.25, -0.2) is 0 Å². The maximum absolute atomic E-state index is 2.90. The Kier molecular flexibility index (Phi) is 6.45. The maximum atomic E-state index is 2.90. The van der Waals surface area contributed by atoms with E-state index in [2.05, 4.69) is 48.9 Å². The third-order valence-corrected chi connectivity index (χ3v) is 5.12. The Bertz CT molecular complexity index is 217. The molecule has 1 aliphatic rings. The smallest absolute Gasteiger partial charge is 0.00950 e. The summed E-state index contributed by atoms with van der Waals surface area (Å²) in [5.74, 6) is 2.82. The summed E-state index contributed by atoms with van der Waals surface area (Å²) in [5.41, 5.74) is 0. The first-order valence-corrected chi connectivity index (χ1v) is 8.19. The van der Waals surface area contributed by atoms with Gasteiger partial charge < -0.3 is 4.90 Å². The van der Waals surface area contributed by atoms with Crippen LogP contribution in [0.5, 0.6) is 0 Å². The van der Waals surface area contributed by atoms with Crippen molar-refractivity contribution in [3.8, 4) is 0 Å². The molecule has 1 nitrogen and oxygen atoms in total. The molecule has 1 rings (SSSR count). The maximum Gasteiger partial charge on any atom is 0.00950 e. The molecule has 1 aliphatic carbocycles. The molecule has 5 atom stereocenters. The lowest BCUT2D eigenvalue weighted by molar-refractivity contribution is 0.0897. The molecule has 5 unspecified atom stereocenters. The lowest BCUT2D eigenvalue weighted by Crippen LogP contribution is -2.42. The zero-order valence-electron chi connectivity index (χ0n) is 12.4. The zero-order chi connectivity index (χ0) is 13.0. The molecule has 0 aromatic heterocycles. The quantitative estimate of drug-likeness (QED) is 0.672. The predicted octanol–water partition coefficient (Wildman–Crippen LogP) is 4.03. The van der Waals surface area contributed by atoms with Crippen molar-refractivity contribution in [1.29, 1.82) is 0 Å². The monoisotopic (exact) mass is 257 g/mol. The van der Waals surface area contributed by atoms with E-state index >= 15 is 0 Å². The second kappa shape index (κ2) is 7.10. The zero-order valence-corrected chi connectivity index (χ0v) is 13.6. The highest BCUT2D eigenvalue weighted by Gasteiger charge is 2.31. The summed E-state index contributed by atoms with van der Waals surface area (Å²) in [5, 5.41) is 0. The van der Waals surface area contributed by atoms with Gasteiger partial charge in [-0.2, -0.15) is 0 Å². The third-order valence-electron chi connectivity index (χ3n) is 4.79. The Balaban J connectivity index is 2.57. The molecule has 0 amide bonds. The molecule has 0 heterocycles. The van der Waals surface area contributed by atoms with Gasteiger partial charge in [0.15, 0.2) is 0 Å². The van der Waals surface area contributed by atoms with Crippen LogP contribution in [0.4, 0.5) is 0 Å². The van der Waals surface area contributed by atoms with Crippen LogP contribution in [0.3, 0.4) is 0 Å². The average molecular weight is 257 g/mol. The van der Waals surface area contributed by atoms with Gasteiger partial charge in [-0.3, -0.25) is 0 Å². The normalized spacial score (nSPS) is 32.1. The van der Waals surface area contributed by atoms with E-state index in [9.17, 15) is 0 Å². The first-order valence-electron chi connectivity index (χ1n) is 7.37. The van der Waals surface area contributed by atoms with E-state index < -0.39 is 0 Å². The molecule has 0 aromatic rings. The lowest BCUT2D eigenvalue weighted by Gasteiger charge is -2.41. The van der Waals surface area contributed by atoms with Crippen molar-refractivity contribution in [2.45, 2.75) is 65.5 Å². The number of nitrogens with zero attached hydrogens (tertiary/aromatic N) is 1. The summed E-state index contributed by atoms with van der Waals surface area (Å²) in [4.78, 5) is 2.56. The standard InChI is InChI=1S/C15H32NP/c1-11(2)16(5)13(4)15-9-12(3)8-14(10-15)6-7-17/h11-15H,6-10,17H2,1-5H3. The van der Waals surface area contributed by atoms with E-state index in [0.717, 1.165) is 23.8 Å². The molecule has 17 heavy (non-hydrogen) atoms. The average Bonchev–Trinajstić information content (AvgIpc) is 2.26. The van der Waals surface area contributed by atoms with Crippen molar-refractivity contribution >= 4 is 9.24 Å². The minimum Gasteiger partial charge on any atom is -0.301 e. The molecule has 2 heteroatoms. The van der Waals surface area contributed by atoms with Gasteiger partial charge in [0.05, 0.1) is 0 Å². The predicted molar refractivity (Wildman–Crippen MR) is 81.6 cm³/mol. The molecule has 0 saturated heterocycles. The van der Waals surface area contributed by atoms with Crippen LogP contribution < -0.4 is 0 Å². The van der Waals surface area contributed by atoms with Gasteiger partial charge >= 0.3 is 0 Å². The summed E-state index contributed by atoms with van der Waals surface area (Å²) < 4.78 is 0. The van der Waals surface area contributed by atoms with Crippen molar-refractivity contribution in [3.63, 3.8) is 0 Å².